The second kappa shape index (κ2) is 6.68. The summed E-state index contributed by atoms with van der Waals surface area (Å²) in [5, 5.41) is 7.67. The van der Waals surface area contributed by atoms with Crippen LogP contribution < -0.4 is 5.69 Å². The fraction of sp³-hybridized carbons (Fsp3) is 0.278. The van der Waals surface area contributed by atoms with E-state index >= 15 is 0 Å². The average molecular weight is 434 g/mol. The van der Waals surface area contributed by atoms with Gasteiger partial charge in [-0.3, -0.25) is 4.57 Å². The number of halogens is 1. The summed E-state index contributed by atoms with van der Waals surface area (Å²) in [5.74, 6) is 0. The summed E-state index contributed by atoms with van der Waals surface area (Å²) in [4.78, 5) is 15.3. The average Bonchev–Trinajstić information content (AvgIpc) is 3.32. The van der Waals surface area contributed by atoms with E-state index in [0.717, 1.165) is 11.0 Å². The number of benzene rings is 2. The summed E-state index contributed by atoms with van der Waals surface area (Å²) < 4.78 is 34.2. The third-order valence-corrected chi connectivity index (χ3v) is 7.59. The maximum atomic E-state index is 13.2. The van der Waals surface area contributed by atoms with Crippen molar-refractivity contribution < 1.29 is 13.0 Å². The molecule has 1 fully saturated rings. The lowest BCUT2D eigenvalue weighted by atomic mass is 10.1. The molecule has 5 rings (SSSR count). The summed E-state index contributed by atoms with van der Waals surface area (Å²) in [6.45, 7) is 0.572. The van der Waals surface area contributed by atoms with Gasteiger partial charge in [0.2, 0.25) is 10.0 Å². The lowest BCUT2D eigenvalue weighted by Gasteiger charge is -2.31. The van der Waals surface area contributed by atoms with Crippen molar-refractivity contribution in [3.8, 4) is 0 Å². The van der Waals surface area contributed by atoms with Gasteiger partial charge in [0.05, 0.1) is 16.1 Å². The molecule has 1 aliphatic heterocycles. The number of H-pyrrole nitrogens is 1. The molecule has 1 saturated heterocycles. The number of imidazole rings is 1. The zero-order chi connectivity index (χ0) is 20.2. The second-order valence-corrected chi connectivity index (χ2v) is 9.27. The molecule has 1 aliphatic rings. The minimum Gasteiger partial charge on any atom is -0.306 e. The topological polar surface area (TPSA) is 114 Å². The summed E-state index contributed by atoms with van der Waals surface area (Å²) in [6.07, 6.45) is 1.05. The van der Waals surface area contributed by atoms with E-state index in [9.17, 15) is 13.2 Å². The number of nitrogens with zero attached hydrogens (tertiary/aromatic N) is 4. The standard InChI is InChI=1S/C18H16ClN5O4S/c19-12-5-6-15(17-16(12)21-28-22-17)29(26,27)23-9-7-11(8-10-23)24-14-4-2-1-3-13(14)20-18(24)25/h1-6,11H,7-10H2,(H,20,25). The van der Waals surface area contributed by atoms with Crippen molar-refractivity contribution in [1.29, 1.82) is 0 Å². The summed E-state index contributed by atoms with van der Waals surface area (Å²) in [5.41, 5.74) is 1.75. The van der Waals surface area contributed by atoms with Crippen LogP contribution in [0.2, 0.25) is 5.02 Å². The van der Waals surface area contributed by atoms with Crippen LogP contribution in [0.15, 0.2) is 50.7 Å². The third kappa shape index (κ3) is 2.86. The Morgan fingerprint density at radius 1 is 1.07 bits per heavy atom. The van der Waals surface area contributed by atoms with Gasteiger partial charge in [-0.15, -0.1) is 0 Å². The van der Waals surface area contributed by atoms with E-state index in [1.165, 1.54) is 16.4 Å². The van der Waals surface area contributed by atoms with Gasteiger partial charge in [-0.1, -0.05) is 23.7 Å². The zero-order valence-electron chi connectivity index (χ0n) is 15.1. The zero-order valence-corrected chi connectivity index (χ0v) is 16.7. The predicted molar refractivity (Wildman–Crippen MR) is 106 cm³/mol. The van der Waals surface area contributed by atoms with E-state index in [0.29, 0.717) is 12.8 Å². The van der Waals surface area contributed by atoms with E-state index in [-0.39, 0.29) is 45.8 Å². The minimum atomic E-state index is -3.80. The molecule has 11 heteroatoms. The fourth-order valence-corrected chi connectivity index (χ4v) is 5.71. The van der Waals surface area contributed by atoms with Gasteiger partial charge in [0.15, 0.2) is 11.0 Å². The highest BCUT2D eigenvalue weighted by molar-refractivity contribution is 7.89. The smallest absolute Gasteiger partial charge is 0.306 e. The molecule has 29 heavy (non-hydrogen) atoms. The van der Waals surface area contributed by atoms with E-state index in [2.05, 4.69) is 19.9 Å². The molecule has 0 atom stereocenters. The lowest BCUT2D eigenvalue weighted by molar-refractivity contribution is 0.274. The third-order valence-electron chi connectivity index (χ3n) is 5.36. The molecular weight excluding hydrogens is 418 g/mol. The SMILES string of the molecule is O=c1[nH]c2ccccc2n1C1CCN(S(=O)(=O)c2ccc(Cl)c3nonc23)CC1. The largest absolute Gasteiger partial charge is 0.326 e. The van der Waals surface area contributed by atoms with Crippen LogP contribution in [0.1, 0.15) is 18.9 Å². The summed E-state index contributed by atoms with van der Waals surface area (Å²) >= 11 is 6.04. The Labute approximate surface area is 169 Å². The van der Waals surface area contributed by atoms with Crippen molar-refractivity contribution in [3.63, 3.8) is 0 Å². The first-order valence-electron chi connectivity index (χ1n) is 9.07. The monoisotopic (exact) mass is 433 g/mol. The first-order chi connectivity index (χ1) is 14.0. The van der Waals surface area contributed by atoms with E-state index in [4.69, 9.17) is 11.6 Å². The Balaban J connectivity index is 1.44. The molecule has 0 unspecified atom stereocenters. The normalized spacial score (nSPS) is 16.7. The first-order valence-corrected chi connectivity index (χ1v) is 10.9. The van der Waals surface area contributed by atoms with E-state index in [1.807, 2.05) is 24.3 Å². The number of aromatic amines is 1. The van der Waals surface area contributed by atoms with Crippen molar-refractivity contribution in [2.75, 3.05) is 13.1 Å². The predicted octanol–water partition coefficient (Wildman–Crippen LogP) is 2.55. The van der Waals surface area contributed by atoms with Gasteiger partial charge in [0.1, 0.15) is 4.90 Å². The van der Waals surface area contributed by atoms with Crippen LogP contribution in [0.25, 0.3) is 22.1 Å². The molecule has 0 saturated carbocycles. The molecule has 4 aromatic rings. The van der Waals surface area contributed by atoms with Gasteiger partial charge in [-0.2, -0.15) is 4.31 Å². The van der Waals surface area contributed by atoms with Gasteiger partial charge in [0, 0.05) is 19.1 Å². The van der Waals surface area contributed by atoms with Gasteiger partial charge < -0.3 is 4.98 Å². The molecular formula is C18H16ClN5O4S. The van der Waals surface area contributed by atoms with Crippen molar-refractivity contribution in [3.05, 3.63) is 51.9 Å². The highest BCUT2D eigenvalue weighted by Gasteiger charge is 2.33. The Kier molecular flexibility index (Phi) is 4.23. The molecule has 0 amide bonds. The minimum absolute atomic E-state index is 0.0147. The molecule has 3 heterocycles. The molecule has 0 spiro atoms. The molecule has 9 nitrogen and oxygen atoms in total. The van der Waals surface area contributed by atoms with Crippen LogP contribution in [0.3, 0.4) is 0 Å². The van der Waals surface area contributed by atoms with Crippen LogP contribution in [0, 0.1) is 0 Å². The fourth-order valence-electron chi connectivity index (χ4n) is 3.94. The van der Waals surface area contributed by atoms with Crippen LogP contribution in [-0.4, -0.2) is 45.7 Å². The number of rotatable bonds is 3. The molecule has 2 aromatic carbocycles. The number of nitrogens with one attached hydrogen (secondary N) is 1. The molecule has 2 aromatic heterocycles. The van der Waals surface area contributed by atoms with Crippen LogP contribution >= 0.6 is 11.6 Å². The molecule has 1 N–H and O–H groups in total. The number of piperidine rings is 1. The van der Waals surface area contributed by atoms with Crippen LogP contribution in [0.5, 0.6) is 0 Å². The number of hydrogen-bond donors (Lipinski definition) is 1. The van der Waals surface area contributed by atoms with Gasteiger partial charge in [-0.25, -0.2) is 17.8 Å². The van der Waals surface area contributed by atoms with Crippen LogP contribution in [-0.2, 0) is 10.0 Å². The molecule has 0 aliphatic carbocycles. The van der Waals surface area contributed by atoms with Crippen molar-refractivity contribution >= 4 is 43.7 Å². The summed E-state index contributed by atoms with van der Waals surface area (Å²) in [6, 6.07) is 10.3. The quantitative estimate of drug-likeness (QED) is 0.531. The van der Waals surface area contributed by atoms with Crippen molar-refractivity contribution in [2.45, 2.75) is 23.8 Å². The second-order valence-electron chi connectivity index (χ2n) is 6.96. The highest BCUT2D eigenvalue weighted by Crippen LogP contribution is 2.32. The number of para-hydroxylation sites is 2. The first kappa shape index (κ1) is 18.3. The van der Waals surface area contributed by atoms with Gasteiger partial charge >= 0.3 is 5.69 Å². The maximum Gasteiger partial charge on any atom is 0.326 e. The molecule has 0 bridgehead atoms. The van der Waals surface area contributed by atoms with E-state index < -0.39 is 10.0 Å². The van der Waals surface area contributed by atoms with Gasteiger partial charge in [0.25, 0.3) is 0 Å². The molecule has 0 radical (unpaired) electrons. The van der Waals surface area contributed by atoms with Crippen molar-refractivity contribution in [2.24, 2.45) is 0 Å². The Bertz CT molecular complexity index is 1380. The highest BCUT2D eigenvalue weighted by atomic mass is 35.5. The number of fused-ring (bicyclic) bond motifs is 2. The number of sulfonamides is 1. The van der Waals surface area contributed by atoms with E-state index in [1.54, 1.807) is 4.57 Å². The lowest BCUT2D eigenvalue weighted by Crippen LogP contribution is -2.40. The van der Waals surface area contributed by atoms with Crippen molar-refractivity contribution in [1.82, 2.24) is 24.2 Å². The van der Waals surface area contributed by atoms with Crippen LogP contribution in [0.4, 0.5) is 0 Å². The maximum absolute atomic E-state index is 13.2. The Morgan fingerprint density at radius 2 is 1.79 bits per heavy atom. The Morgan fingerprint density at radius 3 is 2.59 bits per heavy atom. The summed E-state index contributed by atoms with van der Waals surface area (Å²) in [7, 11) is -3.80. The molecule has 150 valence electrons. The Hall–Kier alpha value is -2.69. The number of hydrogen-bond acceptors (Lipinski definition) is 6. The number of aromatic nitrogens is 4. The van der Waals surface area contributed by atoms with Gasteiger partial charge in [-0.05, 0) is 47.4 Å².